The second-order valence-corrected chi connectivity index (χ2v) is 10.4. The number of benzene rings is 2. The lowest BCUT2D eigenvalue weighted by Crippen LogP contribution is -2.47. The second-order valence-electron chi connectivity index (χ2n) is 10.4. The van der Waals surface area contributed by atoms with Gasteiger partial charge in [-0.15, -0.1) is 0 Å². The van der Waals surface area contributed by atoms with Crippen LogP contribution in [0.2, 0.25) is 0 Å². The van der Waals surface area contributed by atoms with E-state index in [2.05, 4.69) is 20.9 Å². The molecule has 0 aromatic heterocycles. The largest absolute Gasteiger partial charge is 0.467 e. The van der Waals surface area contributed by atoms with E-state index in [-0.39, 0.29) is 31.6 Å². The van der Waals surface area contributed by atoms with Crippen molar-refractivity contribution in [2.75, 3.05) is 13.7 Å². The summed E-state index contributed by atoms with van der Waals surface area (Å²) in [5.41, 5.74) is -0.424. The standard InChI is InChI=1S/C29H36N4O8/c1-28(2,3)41-27(37)33-29(23(34)38-4)17-22(29)15-16-30-24(31-25(35)39-18-20-11-7-5-8-12-20)32-26(36)40-19-21-13-9-6-10-14-21/h5-14,22H,15-19H2,1-4H3,(H,33,37)(H2,30,31,32,35,36)/t22-,29+/m1/s1. The first-order valence-corrected chi connectivity index (χ1v) is 13.1. The van der Waals surface area contributed by atoms with Crippen molar-refractivity contribution in [2.24, 2.45) is 10.9 Å². The van der Waals surface area contributed by atoms with Gasteiger partial charge in [-0.3, -0.25) is 15.6 Å². The summed E-state index contributed by atoms with van der Waals surface area (Å²) in [6.07, 6.45) is -1.75. The lowest BCUT2D eigenvalue weighted by atomic mass is 10.1. The highest BCUT2D eigenvalue weighted by Crippen LogP contribution is 2.47. The average molecular weight is 569 g/mol. The molecular formula is C29H36N4O8. The van der Waals surface area contributed by atoms with Crippen molar-refractivity contribution in [3.63, 3.8) is 0 Å². The summed E-state index contributed by atoms with van der Waals surface area (Å²) in [6, 6.07) is 18.2. The van der Waals surface area contributed by atoms with Crippen molar-refractivity contribution in [3.05, 3.63) is 71.8 Å². The van der Waals surface area contributed by atoms with E-state index in [9.17, 15) is 19.2 Å². The maximum atomic E-state index is 12.5. The third-order valence-corrected chi connectivity index (χ3v) is 5.99. The number of hydrogen-bond acceptors (Lipinski definition) is 9. The first-order chi connectivity index (χ1) is 19.5. The number of methoxy groups -OCH3 is 1. The molecular weight excluding hydrogens is 532 g/mol. The SMILES string of the molecule is COC(=O)[C@]1(NC(=O)OC(C)(C)C)C[C@H]1CCN=C(NC(=O)OCc1ccccc1)NC(=O)OCc1ccccc1. The molecule has 12 heteroatoms. The minimum absolute atomic E-state index is 0.0124. The fourth-order valence-electron chi connectivity index (χ4n) is 3.95. The molecule has 12 nitrogen and oxygen atoms in total. The van der Waals surface area contributed by atoms with Crippen LogP contribution in [-0.4, -0.2) is 55.0 Å². The number of nitrogens with one attached hydrogen (secondary N) is 3. The van der Waals surface area contributed by atoms with Gasteiger partial charge in [-0.05, 0) is 50.7 Å². The number of ether oxygens (including phenoxy) is 4. The minimum atomic E-state index is -1.24. The van der Waals surface area contributed by atoms with Gasteiger partial charge in [0.2, 0.25) is 5.96 Å². The van der Waals surface area contributed by atoms with E-state index in [0.29, 0.717) is 12.8 Å². The number of rotatable bonds is 9. The molecule has 1 fully saturated rings. The highest BCUT2D eigenvalue weighted by molar-refractivity contribution is 6.01. The van der Waals surface area contributed by atoms with Crippen LogP contribution in [0.1, 0.15) is 44.7 Å². The molecule has 41 heavy (non-hydrogen) atoms. The molecule has 1 aliphatic rings. The van der Waals surface area contributed by atoms with Crippen LogP contribution in [0.25, 0.3) is 0 Å². The first-order valence-electron chi connectivity index (χ1n) is 13.1. The summed E-state index contributed by atoms with van der Waals surface area (Å²) < 4.78 is 20.6. The Morgan fingerprint density at radius 2 is 1.37 bits per heavy atom. The van der Waals surface area contributed by atoms with E-state index >= 15 is 0 Å². The Morgan fingerprint density at radius 1 is 0.854 bits per heavy atom. The fourth-order valence-corrected chi connectivity index (χ4v) is 3.95. The molecule has 0 bridgehead atoms. The predicted molar refractivity (Wildman–Crippen MR) is 149 cm³/mol. The number of carbonyl (C=O) groups is 4. The maximum Gasteiger partial charge on any atom is 0.414 e. The highest BCUT2D eigenvalue weighted by Gasteiger charge is 2.62. The molecule has 3 rings (SSSR count). The number of amides is 3. The third kappa shape index (κ3) is 10.1. The molecule has 0 heterocycles. The van der Waals surface area contributed by atoms with Crippen molar-refractivity contribution in [1.29, 1.82) is 0 Å². The molecule has 1 saturated carbocycles. The van der Waals surface area contributed by atoms with Crippen molar-refractivity contribution in [1.82, 2.24) is 16.0 Å². The van der Waals surface area contributed by atoms with Gasteiger partial charge in [0.1, 0.15) is 24.4 Å². The number of carbonyl (C=O) groups excluding carboxylic acids is 4. The molecule has 220 valence electrons. The number of hydrogen-bond donors (Lipinski definition) is 3. The number of aliphatic imine (C=N–C) groups is 1. The Morgan fingerprint density at radius 3 is 1.83 bits per heavy atom. The summed E-state index contributed by atoms with van der Waals surface area (Å²) in [5, 5.41) is 7.47. The molecule has 2 aromatic rings. The fraction of sp³-hybridized carbons (Fsp3) is 0.414. The zero-order valence-corrected chi connectivity index (χ0v) is 23.6. The Balaban J connectivity index is 1.61. The monoisotopic (exact) mass is 568 g/mol. The van der Waals surface area contributed by atoms with E-state index in [4.69, 9.17) is 18.9 Å². The van der Waals surface area contributed by atoms with Gasteiger partial charge in [-0.1, -0.05) is 60.7 Å². The summed E-state index contributed by atoms with van der Waals surface area (Å²) in [5.74, 6) is -1.09. The Labute approximate surface area is 238 Å². The smallest absolute Gasteiger partial charge is 0.414 e. The van der Waals surface area contributed by atoms with E-state index in [1.165, 1.54) is 7.11 Å². The van der Waals surface area contributed by atoms with Gasteiger partial charge in [0.25, 0.3) is 0 Å². The van der Waals surface area contributed by atoms with E-state index in [0.717, 1.165) is 11.1 Å². The van der Waals surface area contributed by atoms with Crippen LogP contribution >= 0.6 is 0 Å². The number of guanidine groups is 1. The van der Waals surface area contributed by atoms with Gasteiger partial charge < -0.3 is 24.3 Å². The molecule has 3 N–H and O–H groups in total. The van der Waals surface area contributed by atoms with Gasteiger partial charge in [0.15, 0.2) is 0 Å². The molecule has 0 spiro atoms. The lowest BCUT2D eigenvalue weighted by molar-refractivity contribution is -0.144. The molecule has 2 atom stereocenters. The zero-order chi connectivity index (χ0) is 29.9. The molecule has 1 aliphatic carbocycles. The van der Waals surface area contributed by atoms with E-state index in [1.807, 2.05) is 36.4 Å². The predicted octanol–water partition coefficient (Wildman–Crippen LogP) is 4.04. The topological polar surface area (TPSA) is 154 Å². The normalized spacial score (nSPS) is 17.3. The zero-order valence-electron chi connectivity index (χ0n) is 23.6. The van der Waals surface area contributed by atoms with Crippen LogP contribution in [-0.2, 0) is 37.0 Å². The summed E-state index contributed by atoms with van der Waals surface area (Å²) >= 11 is 0. The first kappa shape index (κ1) is 30.9. The van der Waals surface area contributed by atoms with Gasteiger partial charge in [0, 0.05) is 6.54 Å². The van der Waals surface area contributed by atoms with E-state index in [1.54, 1.807) is 45.0 Å². The minimum Gasteiger partial charge on any atom is -0.467 e. The van der Waals surface area contributed by atoms with Gasteiger partial charge in [0.05, 0.1) is 7.11 Å². The van der Waals surface area contributed by atoms with Crippen LogP contribution in [0.5, 0.6) is 0 Å². The van der Waals surface area contributed by atoms with E-state index < -0.39 is 35.4 Å². The second kappa shape index (κ2) is 14.1. The number of alkyl carbamates (subject to hydrolysis) is 3. The molecule has 0 radical (unpaired) electrons. The van der Waals surface area contributed by atoms with Crippen molar-refractivity contribution < 1.29 is 38.1 Å². The van der Waals surface area contributed by atoms with Crippen LogP contribution in [0, 0.1) is 5.92 Å². The Hall–Kier alpha value is -4.61. The van der Waals surface area contributed by atoms with Gasteiger partial charge in [-0.2, -0.15) is 0 Å². The summed E-state index contributed by atoms with van der Waals surface area (Å²) in [4.78, 5) is 54.0. The maximum absolute atomic E-state index is 12.5. The Kier molecular flexibility index (Phi) is 10.7. The number of esters is 1. The van der Waals surface area contributed by atoms with Crippen molar-refractivity contribution in [3.8, 4) is 0 Å². The number of nitrogens with zero attached hydrogens (tertiary/aromatic N) is 1. The van der Waals surface area contributed by atoms with Crippen LogP contribution < -0.4 is 16.0 Å². The molecule has 3 amide bonds. The lowest BCUT2D eigenvalue weighted by Gasteiger charge is -2.23. The summed E-state index contributed by atoms with van der Waals surface area (Å²) in [6.45, 7) is 5.26. The molecule has 2 aromatic carbocycles. The van der Waals surface area contributed by atoms with Crippen LogP contribution in [0.3, 0.4) is 0 Å². The van der Waals surface area contributed by atoms with Gasteiger partial charge >= 0.3 is 24.2 Å². The molecule has 0 unspecified atom stereocenters. The van der Waals surface area contributed by atoms with Crippen molar-refractivity contribution >= 4 is 30.2 Å². The van der Waals surface area contributed by atoms with Gasteiger partial charge in [-0.25, -0.2) is 19.2 Å². The van der Waals surface area contributed by atoms with Crippen LogP contribution in [0.15, 0.2) is 65.7 Å². The van der Waals surface area contributed by atoms with Crippen molar-refractivity contribution in [2.45, 2.75) is 58.0 Å². The molecule has 0 saturated heterocycles. The quantitative estimate of drug-likeness (QED) is 0.177. The summed E-state index contributed by atoms with van der Waals surface area (Å²) in [7, 11) is 1.24. The highest BCUT2D eigenvalue weighted by atomic mass is 16.6. The third-order valence-electron chi connectivity index (χ3n) is 5.99. The van der Waals surface area contributed by atoms with Crippen LogP contribution in [0.4, 0.5) is 14.4 Å². The Bertz CT molecular complexity index is 1170. The average Bonchev–Trinajstić information content (AvgIpc) is 3.63. The molecule has 0 aliphatic heterocycles.